The van der Waals surface area contributed by atoms with Gasteiger partial charge in [0.2, 0.25) is 0 Å². The van der Waals surface area contributed by atoms with E-state index < -0.39 is 0 Å². The van der Waals surface area contributed by atoms with E-state index in [1.807, 2.05) is 30.3 Å². The molecule has 0 aromatic heterocycles. The summed E-state index contributed by atoms with van der Waals surface area (Å²) >= 11 is 0. The second-order valence-corrected chi connectivity index (χ2v) is 1.66. The summed E-state index contributed by atoms with van der Waals surface area (Å²) in [6.07, 6.45) is 0. The molecule has 1 rings (SSSR count). The molecule has 0 saturated heterocycles. The van der Waals surface area contributed by atoms with E-state index in [0.29, 0.717) is 6.54 Å². The maximum absolute atomic E-state index is 6.69. The number of nitrogens with two attached hydrogens (primary N) is 1. The van der Waals surface area contributed by atoms with Crippen LogP contribution in [-0.2, 0) is 6.54 Å². The zero-order valence-electron chi connectivity index (χ0n) is 5.59. The molecule has 0 radical (unpaired) electrons. The molecule has 0 aliphatic carbocycles. The van der Waals surface area contributed by atoms with Gasteiger partial charge in [0.25, 0.3) is 0 Å². The summed E-state index contributed by atoms with van der Waals surface area (Å²) in [6, 6.07) is 9.87. The lowest BCUT2D eigenvalue weighted by molar-refractivity contribution is 1.07. The first kappa shape index (κ1) is 4.10. The van der Waals surface area contributed by atoms with Gasteiger partial charge in [0, 0.05) is 6.54 Å². The highest BCUT2D eigenvalue weighted by atomic mass is 14.5. The van der Waals surface area contributed by atoms with E-state index in [1.54, 1.807) is 0 Å². The summed E-state index contributed by atoms with van der Waals surface area (Å²) in [6.45, 7) is 0.626. The molecule has 0 bridgehead atoms. The minimum Gasteiger partial charge on any atom is -0.326 e. The summed E-state index contributed by atoms with van der Waals surface area (Å²) < 4.78 is 6.69. The molecule has 0 aliphatic heterocycles. The molecule has 0 spiro atoms. The van der Waals surface area contributed by atoms with E-state index >= 15 is 0 Å². The molecular weight excluding hydrogens is 98.1 g/mol. The van der Waals surface area contributed by atoms with Crippen LogP contribution in [0.5, 0.6) is 0 Å². The molecule has 1 aromatic carbocycles. The van der Waals surface area contributed by atoms with Crippen molar-refractivity contribution in [3.63, 3.8) is 0 Å². The summed E-state index contributed by atoms with van der Waals surface area (Å²) in [5.41, 5.74) is 3.48. The topological polar surface area (TPSA) is 26.0 Å². The van der Waals surface area contributed by atoms with Gasteiger partial charge in [0.1, 0.15) is 1.41 Å². The van der Waals surface area contributed by atoms with Gasteiger partial charge in [-0.1, -0.05) is 30.3 Å². The summed E-state index contributed by atoms with van der Waals surface area (Å²) in [5.74, 6) is 0. The van der Waals surface area contributed by atoms with Gasteiger partial charge in [-0.05, 0) is 5.56 Å². The lowest BCUT2D eigenvalue weighted by Crippen LogP contribution is -1.94. The lowest BCUT2D eigenvalue weighted by Gasteiger charge is -1.90. The van der Waals surface area contributed by atoms with Gasteiger partial charge in [-0.25, -0.2) is 0 Å². The van der Waals surface area contributed by atoms with E-state index in [1.165, 1.54) is 0 Å². The van der Waals surface area contributed by atoms with Crippen molar-refractivity contribution >= 4 is 0 Å². The van der Waals surface area contributed by atoms with Gasteiger partial charge in [0.15, 0.2) is 0 Å². The van der Waals surface area contributed by atoms with Crippen molar-refractivity contribution < 1.29 is 1.41 Å². The first-order valence-corrected chi connectivity index (χ1v) is 2.62. The van der Waals surface area contributed by atoms with Gasteiger partial charge in [0.05, 0.1) is 0 Å². The van der Waals surface area contributed by atoms with Crippen LogP contribution in [0.25, 0.3) is 0 Å². The zero-order chi connectivity index (χ0) is 6.53. The summed E-state index contributed by atoms with van der Waals surface area (Å²) in [4.78, 5) is 0. The molecule has 0 fully saturated rings. The molecule has 1 heteroatoms. The minimum absolute atomic E-state index is 0.626. The smallest absolute Gasteiger partial charge is 0.119 e. The first-order valence-electron chi connectivity index (χ1n) is 3.12. The molecular formula is C7H9N. The van der Waals surface area contributed by atoms with Crippen molar-refractivity contribution in [2.75, 3.05) is 0 Å². The minimum atomic E-state index is 0.626. The maximum Gasteiger partial charge on any atom is 0.119 e. The fourth-order valence-electron chi connectivity index (χ4n) is 0.596. The van der Waals surface area contributed by atoms with E-state index in [-0.39, 0.29) is 0 Å². The van der Waals surface area contributed by atoms with E-state index in [9.17, 15) is 0 Å². The molecule has 2 N–H and O–H groups in total. The van der Waals surface area contributed by atoms with Crippen LogP contribution in [-0.4, -0.2) is 0 Å². The van der Waals surface area contributed by atoms with Gasteiger partial charge < -0.3 is 5.73 Å². The highest BCUT2D eigenvalue weighted by molar-refractivity contribution is 5.13. The lowest BCUT2D eigenvalue weighted by atomic mass is 10.2. The Labute approximate surface area is 50.6 Å². The molecule has 8 heavy (non-hydrogen) atoms. The van der Waals surface area contributed by atoms with Gasteiger partial charge in [-0.2, -0.15) is 0 Å². The molecule has 0 atom stereocenters. The fourth-order valence-corrected chi connectivity index (χ4v) is 0.596. The van der Waals surface area contributed by atoms with Crippen LogP contribution in [0.4, 0.5) is 0 Å². The van der Waals surface area contributed by atoms with Crippen LogP contribution in [0.3, 0.4) is 0 Å². The average molecular weight is 109 g/mol. The Bertz CT molecular complexity index is 162. The molecule has 0 heterocycles. The Kier molecular flexibility index (Phi) is 1.27. The van der Waals surface area contributed by atoms with Crippen LogP contribution < -0.4 is 5.73 Å². The first-order chi connectivity index (χ1) is 4.43. The Morgan fingerprint density at radius 1 is 1.38 bits per heavy atom. The van der Waals surface area contributed by atoms with E-state index in [0.717, 1.165) is 5.56 Å². The zero-order valence-corrected chi connectivity index (χ0v) is 4.59. The normalized spacial score (nSPS) is 10.8. The highest BCUT2D eigenvalue weighted by Crippen LogP contribution is 1.94. The van der Waals surface area contributed by atoms with Gasteiger partial charge in [-0.3, -0.25) is 0 Å². The SMILES string of the molecule is [3H]NCc1ccccc1. The third-order valence-corrected chi connectivity index (χ3v) is 1.05. The molecule has 0 saturated carbocycles. The van der Waals surface area contributed by atoms with Crippen molar-refractivity contribution in [1.82, 2.24) is 0 Å². The van der Waals surface area contributed by atoms with Crippen molar-refractivity contribution in [2.24, 2.45) is 5.73 Å². The van der Waals surface area contributed by atoms with E-state index in [2.05, 4.69) is 5.73 Å². The second-order valence-electron chi connectivity index (χ2n) is 1.66. The third-order valence-electron chi connectivity index (χ3n) is 1.05. The van der Waals surface area contributed by atoms with Crippen molar-refractivity contribution in [3.05, 3.63) is 35.9 Å². The molecule has 0 aliphatic rings. The van der Waals surface area contributed by atoms with Crippen LogP contribution in [0.15, 0.2) is 30.3 Å². The highest BCUT2D eigenvalue weighted by Gasteiger charge is 1.80. The summed E-state index contributed by atoms with van der Waals surface area (Å²) in [5, 5.41) is 0. The predicted octanol–water partition coefficient (Wildman–Crippen LogP) is 1.15. The Balaban J connectivity index is 2.61. The fraction of sp³-hybridized carbons (Fsp3) is 0.143. The molecule has 1 nitrogen and oxygen atoms in total. The molecule has 42 valence electrons. The Morgan fingerprint density at radius 2 is 2.12 bits per heavy atom. The monoisotopic (exact) mass is 109 g/mol. The maximum atomic E-state index is 6.69. The quantitative estimate of drug-likeness (QED) is 0.605. The van der Waals surface area contributed by atoms with Crippen molar-refractivity contribution in [1.29, 1.82) is 0 Å². The molecule has 0 amide bonds. The van der Waals surface area contributed by atoms with E-state index in [4.69, 9.17) is 1.41 Å². The van der Waals surface area contributed by atoms with Crippen LogP contribution >= 0.6 is 0 Å². The molecule has 0 unspecified atom stereocenters. The van der Waals surface area contributed by atoms with Crippen molar-refractivity contribution in [3.8, 4) is 0 Å². The van der Waals surface area contributed by atoms with Crippen LogP contribution in [0, 0.1) is 0 Å². The van der Waals surface area contributed by atoms with Crippen LogP contribution in [0.2, 0.25) is 1.41 Å². The summed E-state index contributed by atoms with van der Waals surface area (Å²) in [7, 11) is 0. The largest absolute Gasteiger partial charge is 0.326 e. The van der Waals surface area contributed by atoms with Crippen molar-refractivity contribution in [2.45, 2.75) is 6.54 Å². The predicted molar refractivity (Wildman–Crippen MR) is 34.3 cm³/mol. The Hall–Kier alpha value is -0.820. The Morgan fingerprint density at radius 3 is 2.75 bits per heavy atom. The van der Waals surface area contributed by atoms with Gasteiger partial charge in [-0.15, -0.1) is 0 Å². The number of hydrogen-bond donors (Lipinski definition) is 1. The second kappa shape index (κ2) is 2.48. The molecule has 1 aromatic rings. The number of hydrogen-bond acceptors (Lipinski definition) is 1. The third kappa shape index (κ3) is 1.07. The standard InChI is InChI=1S/C7H9N/c8-6-7-4-2-1-3-5-7/h1-5H,6,8H2/i/hT. The number of rotatable bonds is 2. The van der Waals surface area contributed by atoms with Gasteiger partial charge >= 0.3 is 0 Å². The number of benzene rings is 1. The van der Waals surface area contributed by atoms with Crippen LogP contribution in [0.1, 0.15) is 5.56 Å². The average Bonchev–Trinajstić information content (AvgIpc) is 1.91.